The lowest BCUT2D eigenvalue weighted by atomic mass is 9.71. The lowest BCUT2D eigenvalue weighted by Gasteiger charge is -2.28. The van der Waals surface area contributed by atoms with Crippen LogP contribution in [0.2, 0.25) is 0 Å². The molecular weight excluding hydrogens is 255 g/mol. The molecule has 94 valence electrons. The molecule has 0 saturated carbocycles. The molecule has 6 heteroatoms. The van der Waals surface area contributed by atoms with Crippen molar-refractivity contribution in [1.29, 1.82) is 0 Å². The molecule has 0 saturated heterocycles. The van der Waals surface area contributed by atoms with Crippen molar-refractivity contribution in [3.63, 3.8) is 0 Å². The summed E-state index contributed by atoms with van der Waals surface area (Å²) in [5.41, 5.74) is 3.37. The summed E-state index contributed by atoms with van der Waals surface area (Å²) in [5, 5.41) is 9.90. The van der Waals surface area contributed by atoms with Crippen LogP contribution in [0.4, 0.5) is 0 Å². The Labute approximate surface area is 129 Å². The molecule has 1 atom stereocenters. The quantitative estimate of drug-likeness (QED) is 0.645. The summed E-state index contributed by atoms with van der Waals surface area (Å²) in [5.74, 6) is 0.762. The molecule has 0 aliphatic carbocycles. The van der Waals surface area contributed by atoms with Gasteiger partial charge in [-0.05, 0) is 30.5 Å². The second kappa shape index (κ2) is 5.25. The minimum absolute atomic E-state index is 0.166. The second-order valence-electron chi connectivity index (χ2n) is 5.27. The Morgan fingerprint density at radius 1 is 1.00 bits per heavy atom. The van der Waals surface area contributed by atoms with Crippen LogP contribution in [-0.4, -0.2) is 36.5 Å². The Kier molecular flexibility index (Phi) is 3.56. The van der Waals surface area contributed by atoms with Gasteiger partial charge >= 0.3 is 0 Å². The maximum Gasteiger partial charge on any atom is 0.126 e. The summed E-state index contributed by atoms with van der Waals surface area (Å²) in [4.78, 5) is 0. The third-order valence-electron chi connectivity index (χ3n) is 3.77. The predicted molar refractivity (Wildman–Crippen MR) is 87.8 cm³/mol. The Balaban J connectivity index is 1.96. The van der Waals surface area contributed by atoms with E-state index in [1.807, 2.05) is 0 Å². The second-order valence-corrected chi connectivity index (χ2v) is 5.27. The zero-order chi connectivity index (χ0) is 15.1. The summed E-state index contributed by atoms with van der Waals surface area (Å²) >= 11 is 0. The highest BCUT2D eigenvalue weighted by Gasteiger charge is 2.24. The normalized spacial score (nSPS) is 17.0. The van der Waals surface area contributed by atoms with E-state index in [0.717, 1.165) is 11.1 Å². The zero-order valence-corrected chi connectivity index (χ0v) is 11.5. The molecule has 0 spiro atoms. The van der Waals surface area contributed by atoms with Crippen molar-refractivity contribution < 1.29 is 9.84 Å². The third-order valence-corrected chi connectivity index (χ3v) is 3.77. The maximum atomic E-state index is 9.90. The summed E-state index contributed by atoms with van der Waals surface area (Å²) in [7, 11) is 23.2. The first-order valence-corrected chi connectivity index (χ1v) is 6.68. The van der Waals surface area contributed by atoms with Crippen LogP contribution in [0.15, 0.2) is 24.3 Å². The number of hydrogen-bond acceptors (Lipinski definition) is 2. The smallest absolute Gasteiger partial charge is 0.126 e. The summed E-state index contributed by atoms with van der Waals surface area (Å²) in [6, 6.07) is 6.79. The molecule has 3 rings (SSSR count). The van der Waals surface area contributed by atoms with Crippen molar-refractivity contribution in [1.82, 2.24) is 0 Å². The van der Waals surface area contributed by atoms with Crippen LogP contribution in [-0.2, 0) is 6.42 Å². The van der Waals surface area contributed by atoms with E-state index in [4.69, 9.17) is 36.1 Å². The Hall–Kier alpha value is -1.70. The van der Waals surface area contributed by atoms with Crippen molar-refractivity contribution in [3.05, 3.63) is 35.4 Å². The molecule has 2 nitrogen and oxygen atoms in total. The van der Waals surface area contributed by atoms with Crippen molar-refractivity contribution in [2.45, 2.75) is 18.9 Å². The Morgan fingerprint density at radius 3 is 2.33 bits per heavy atom. The topological polar surface area (TPSA) is 29.5 Å². The van der Waals surface area contributed by atoms with Gasteiger partial charge in [-0.25, -0.2) is 0 Å². The first kappa shape index (κ1) is 14.2. The lowest BCUT2D eigenvalue weighted by molar-refractivity contribution is 0.175. The summed E-state index contributed by atoms with van der Waals surface area (Å²) < 4.78 is 5.94. The number of hydrogen-bond donors (Lipinski definition) is 1. The highest BCUT2D eigenvalue weighted by atomic mass is 16.5. The van der Waals surface area contributed by atoms with Crippen LogP contribution < -0.4 is 26.6 Å². The first-order valence-electron chi connectivity index (χ1n) is 6.68. The molecule has 8 radical (unpaired) electrons. The van der Waals surface area contributed by atoms with E-state index in [1.165, 1.54) is 6.07 Å². The molecule has 0 bridgehead atoms. The van der Waals surface area contributed by atoms with Crippen LogP contribution >= 0.6 is 0 Å². The summed E-state index contributed by atoms with van der Waals surface area (Å²) in [6.07, 6.45) is 1.22. The van der Waals surface area contributed by atoms with Gasteiger partial charge in [0.2, 0.25) is 0 Å². The van der Waals surface area contributed by atoms with Gasteiger partial charge in [-0.15, -0.1) is 16.4 Å². The third kappa shape index (κ3) is 2.59. The van der Waals surface area contributed by atoms with Crippen molar-refractivity contribution in [3.8, 4) is 11.5 Å². The molecule has 0 amide bonds. The van der Waals surface area contributed by atoms with Crippen LogP contribution in [0.5, 0.6) is 11.5 Å². The zero-order valence-electron chi connectivity index (χ0n) is 11.5. The van der Waals surface area contributed by atoms with Crippen LogP contribution in [0.25, 0.3) is 0 Å². The SMILES string of the molecule is [B]c1cc(O)c2c(c1)O[C@H](c1cc([B])c([B])c([B])c1)CC2. The molecule has 1 N–H and O–H groups in total. The van der Waals surface area contributed by atoms with Gasteiger partial charge in [0.05, 0.1) is 0 Å². The minimum atomic E-state index is -0.191. The number of benzene rings is 2. The average molecular weight is 265 g/mol. The maximum absolute atomic E-state index is 9.90. The van der Waals surface area contributed by atoms with Gasteiger partial charge in [0.25, 0.3) is 0 Å². The van der Waals surface area contributed by atoms with E-state index in [9.17, 15) is 5.11 Å². The molecule has 1 aliphatic rings. The van der Waals surface area contributed by atoms with Gasteiger partial charge < -0.3 is 9.84 Å². The van der Waals surface area contributed by atoms with Gasteiger partial charge in [0.15, 0.2) is 0 Å². The molecule has 1 aliphatic heterocycles. The molecule has 2 aromatic carbocycles. The van der Waals surface area contributed by atoms with Crippen molar-refractivity contribution >= 4 is 53.2 Å². The van der Waals surface area contributed by atoms with E-state index >= 15 is 0 Å². The van der Waals surface area contributed by atoms with Crippen molar-refractivity contribution in [2.75, 3.05) is 0 Å². The van der Waals surface area contributed by atoms with E-state index in [0.29, 0.717) is 40.4 Å². The molecule has 0 fully saturated rings. The lowest BCUT2D eigenvalue weighted by Crippen LogP contribution is -2.39. The van der Waals surface area contributed by atoms with Gasteiger partial charge in [0.1, 0.15) is 49.0 Å². The fourth-order valence-electron chi connectivity index (χ4n) is 2.64. The number of rotatable bonds is 1. The van der Waals surface area contributed by atoms with Crippen molar-refractivity contribution in [2.24, 2.45) is 0 Å². The standard InChI is InChI=1S/C15H10B4O2/c16-8-5-12(20)9-1-2-13(21-14(9)6-8)7-3-10(17)15(19)11(18)4-7/h3-6,13,20H,1-2H2/t13-/m0/s1. The molecule has 0 unspecified atom stereocenters. The largest absolute Gasteiger partial charge is 0.508 e. The molecule has 0 aromatic heterocycles. The minimum Gasteiger partial charge on any atom is -0.508 e. The predicted octanol–water partition coefficient (Wildman–Crippen LogP) is -1.37. The monoisotopic (exact) mass is 266 g/mol. The Morgan fingerprint density at radius 2 is 1.67 bits per heavy atom. The van der Waals surface area contributed by atoms with E-state index < -0.39 is 0 Å². The Bertz CT molecular complexity index is 692. The van der Waals surface area contributed by atoms with Gasteiger partial charge in [-0.3, -0.25) is 0 Å². The summed E-state index contributed by atoms with van der Waals surface area (Å²) in [6.45, 7) is 0. The number of aromatic hydroxyl groups is 1. The van der Waals surface area contributed by atoms with Crippen LogP contribution in [0, 0.1) is 0 Å². The highest BCUT2D eigenvalue weighted by molar-refractivity contribution is 6.57. The number of phenolic OH excluding ortho intramolecular Hbond substituents is 1. The van der Waals surface area contributed by atoms with E-state index in [1.54, 1.807) is 18.2 Å². The van der Waals surface area contributed by atoms with Gasteiger partial charge in [-0.1, -0.05) is 17.6 Å². The first-order chi connectivity index (χ1) is 9.95. The highest BCUT2D eigenvalue weighted by Crippen LogP contribution is 2.37. The van der Waals surface area contributed by atoms with Gasteiger partial charge in [-0.2, -0.15) is 0 Å². The molecule has 21 heavy (non-hydrogen) atoms. The van der Waals surface area contributed by atoms with E-state index in [2.05, 4.69) is 0 Å². The average Bonchev–Trinajstić information content (AvgIpc) is 2.43. The van der Waals surface area contributed by atoms with E-state index in [-0.39, 0.29) is 11.9 Å². The van der Waals surface area contributed by atoms with Crippen LogP contribution in [0.3, 0.4) is 0 Å². The molecule has 2 aromatic rings. The number of phenols is 1. The van der Waals surface area contributed by atoms with Gasteiger partial charge in [0, 0.05) is 5.56 Å². The fraction of sp³-hybridized carbons (Fsp3) is 0.200. The molecular formula is C15H10B4O2. The fourth-order valence-corrected chi connectivity index (χ4v) is 2.64. The number of ether oxygens (including phenoxy) is 1. The number of fused-ring (bicyclic) bond motifs is 1. The molecule has 1 heterocycles. The van der Waals surface area contributed by atoms with Crippen LogP contribution in [0.1, 0.15) is 23.7 Å².